The molecule has 1 unspecified atom stereocenters. The third-order valence-corrected chi connectivity index (χ3v) is 3.39. The summed E-state index contributed by atoms with van der Waals surface area (Å²) in [5.74, 6) is 7.24. The minimum atomic E-state index is -0.128. The van der Waals surface area contributed by atoms with Crippen molar-refractivity contribution < 1.29 is 4.74 Å². The number of nitrogens with zero attached hydrogens (tertiary/aromatic N) is 3. The lowest BCUT2D eigenvalue weighted by atomic mass is 10.0. The van der Waals surface area contributed by atoms with Gasteiger partial charge in [0.05, 0.1) is 13.2 Å². The van der Waals surface area contributed by atoms with Crippen LogP contribution in [0.5, 0.6) is 5.75 Å². The predicted octanol–water partition coefficient (Wildman–Crippen LogP) is 1.71. The van der Waals surface area contributed by atoms with Crippen LogP contribution in [0.3, 0.4) is 0 Å². The average Bonchev–Trinajstić information content (AvgIpc) is 2.92. The molecule has 20 heavy (non-hydrogen) atoms. The van der Waals surface area contributed by atoms with Crippen LogP contribution in [-0.4, -0.2) is 21.9 Å². The van der Waals surface area contributed by atoms with Crippen molar-refractivity contribution in [2.75, 3.05) is 7.11 Å². The van der Waals surface area contributed by atoms with Gasteiger partial charge in [0.25, 0.3) is 0 Å². The highest BCUT2D eigenvalue weighted by atomic mass is 35.5. The van der Waals surface area contributed by atoms with Crippen molar-refractivity contribution in [3.8, 4) is 5.75 Å². The first kappa shape index (κ1) is 14.8. The fourth-order valence-electron chi connectivity index (χ4n) is 2.12. The highest BCUT2D eigenvalue weighted by Gasteiger charge is 2.18. The second-order valence-corrected chi connectivity index (χ2v) is 4.74. The molecule has 1 aromatic carbocycles. The maximum atomic E-state index is 5.98. The van der Waals surface area contributed by atoms with E-state index in [0.717, 1.165) is 17.9 Å². The molecule has 0 aliphatic rings. The normalized spacial score (nSPS) is 12.4. The number of nitrogens with one attached hydrogen (secondary N) is 1. The van der Waals surface area contributed by atoms with Crippen molar-refractivity contribution in [3.05, 3.63) is 40.9 Å². The van der Waals surface area contributed by atoms with E-state index < -0.39 is 0 Å². The summed E-state index contributed by atoms with van der Waals surface area (Å²) in [6.07, 6.45) is 2.16. The van der Waals surface area contributed by atoms with E-state index in [1.54, 1.807) is 19.5 Å². The van der Waals surface area contributed by atoms with Crippen LogP contribution in [0, 0.1) is 0 Å². The van der Waals surface area contributed by atoms with Gasteiger partial charge in [0.15, 0.2) is 0 Å². The van der Waals surface area contributed by atoms with Gasteiger partial charge in [-0.3, -0.25) is 16.0 Å². The summed E-state index contributed by atoms with van der Waals surface area (Å²) in [6, 6.07) is 5.36. The lowest BCUT2D eigenvalue weighted by molar-refractivity contribution is 0.397. The summed E-state index contributed by atoms with van der Waals surface area (Å²) in [5, 5.41) is 4.78. The number of nitrogens with two attached hydrogens (primary N) is 1. The predicted molar refractivity (Wildman–Crippen MR) is 77.5 cm³/mol. The van der Waals surface area contributed by atoms with Crippen LogP contribution in [0.2, 0.25) is 5.02 Å². The zero-order valence-electron chi connectivity index (χ0n) is 11.5. The Morgan fingerprint density at radius 1 is 1.50 bits per heavy atom. The number of hydrogen-bond acceptors (Lipinski definition) is 5. The Balaban J connectivity index is 2.28. The second-order valence-electron chi connectivity index (χ2n) is 4.30. The van der Waals surface area contributed by atoms with Gasteiger partial charge in [0.2, 0.25) is 0 Å². The second kappa shape index (κ2) is 6.69. The number of hydrazine groups is 1. The van der Waals surface area contributed by atoms with Gasteiger partial charge in [-0.15, -0.1) is 0 Å². The van der Waals surface area contributed by atoms with Crippen LogP contribution in [0.4, 0.5) is 0 Å². The molecule has 0 bridgehead atoms. The molecule has 0 radical (unpaired) electrons. The van der Waals surface area contributed by atoms with Crippen LogP contribution in [-0.2, 0) is 13.0 Å². The average molecular weight is 296 g/mol. The highest BCUT2D eigenvalue weighted by molar-refractivity contribution is 6.30. The van der Waals surface area contributed by atoms with Crippen LogP contribution >= 0.6 is 11.6 Å². The van der Waals surface area contributed by atoms with Crippen molar-refractivity contribution in [3.63, 3.8) is 0 Å². The summed E-state index contributed by atoms with van der Waals surface area (Å²) in [7, 11) is 1.61. The monoisotopic (exact) mass is 295 g/mol. The van der Waals surface area contributed by atoms with Crippen LogP contribution in [0.1, 0.15) is 24.4 Å². The van der Waals surface area contributed by atoms with Gasteiger partial charge in [-0.1, -0.05) is 17.7 Å². The third kappa shape index (κ3) is 3.09. The van der Waals surface area contributed by atoms with Gasteiger partial charge in [-0.25, -0.2) is 4.98 Å². The Labute approximate surface area is 122 Å². The number of ether oxygens (including phenoxy) is 1. The lowest BCUT2D eigenvalue weighted by Crippen LogP contribution is -2.30. The zero-order valence-corrected chi connectivity index (χ0v) is 12.3. The Morgan fingerprint density at radius 2 is 2.30 bits per heavy atom. The Bertz CT molecular complexity index is 572. The summed E-state index contributed by atoms with van der Waals surface area (Å²) in [5.41, 5.74) is 3.73. The maximum absolute atomic E-state index is 5.98. The van der Waals surface area contributed by atoms with Crippen molar-refractivity contribution in [2.45, 2.75) is 25.9 Å². The molecule has 1 aromatic heterocycles. The first-order valence-electron chi connectivity index (χ1n) is 6.35. The van der Waals surface area contributed by atoms with E-state index in [-0.39, 0.29) is 6.04 Å². The number of benzene rings is 1. The van der Waals surface area contributed by atoms with Crippen LogP contribution < -0.4 is 16.0 Å². The number of hydrogen-bond donors (Lipinski definition) is 2. The SMILES string of the molecule is CCn1ncnc1CC(NN)c1ccc(Cl)cc1OC. The molecule has 0 saturated carbocycles. The van der Waals surface area contributed by atoms with Crippen molar-refractivity contribution >= 4 is 11.6 Å². The summed E-state index contributed by atoms with van der Waals surface area (Å²) >= 11 is 5.98. The molecule has 3 N–H and O–H groups in total. The minimum Gasteiger partial charge on any atom is -0.496 e. The topological polar surface area (TPSA) is 78.0 Å². The number of aromatic nitrogens is 3. The Kier molecular flexibility index (Phi) is 4.94. The van der Waals surface area contributed by atoms with Gasteiger partial charge < -0.3 is 4.74 Å². The van der Waals surface area contributed by atoms with Crippen LogP contribution in [0.25, 0.3) is 0 Å². The molecule has 108 valence electrons. The van der Waals surface area contributed by atoms with Crippen molar-refractivity contribution in [2.24, 2.45) is 5.84 Å². The van der Waals surface area contributed by atoms with E-state index in [1.807, 2.05) is 23.7 Å². The largest absolute Gasteiger partial charge is 0.496 e. The number of aryl methyl sites for hydroxylation is 1. The van der Waals surface area contributed by atoms with Crippen LogP contribution in [0.15, 0.2) is 24.5 Å². The first-order valence-corrected chi connectivity index (χ1v) is 6.73. The molecule has 2 rings (SSSR count). The molecule has 7 heteroatoms. The maximum Gasteiger partial charge on any atom is 0.138 e. The standard InChI is InChI=1S/C13H18ClN5O/c1-3-19-13(16-8-17-19)7-11(18-15)10-5-4-9(14)6-12(10)20-2/h4-6,8,11,18H,3,7,15H2,1-2H3. The smallest absolute Gasteiger partial charge is 0.138 e. The molecule has 1 heterocycles. The lowest BCUT2D eigenvalue weighted by Gasteiger charge is -2.19. The fraction of sp³-hybridized carbons (Fsp3) is 0.385. The summed E-state index contributed by atoms with van der Waals surface area (Å²) < 4.78 is 7.20. The number of rotatable bonds is 6. The summed E-state index contributed by atoms with van der Waals surface area (Å²) in [6.45, 7) is 2.79. The molecule has 2 aromatic rings. The van der Waals surface area contributed by atoms with Gasteiger partial charge in [-0.2, -0.15) is 5.10 Å². The molecule has 0 saturated heterocycles. The third-order valence-electron chi connectivity index (χ3n) is 3.15. The van der Waals surface area contributed by atoms with E-state index in [9.17, 15) is 0 Å². The zero-order chi connectivity index (χ0) is 14.5. The molecule has 1 atom stereocenters. The molecular formula is C13H18ClN5O. The van der Waals surface area contributed by atoms with Gasteiger partial charge in [-0.05, 0) is 19.1 Å². The minimum absolute atomic E-state index is 0.128. The van der Waals surface area contributed by atoms with E-state index >= 15 is 0 Å². The molecule has 6 nitrogen and oxygen atoms in total. The van der Waals surface area contributed by atoms with E-state index in [1.165, 1.54) is 0 Å². The van der Waals surface area contributed by atoms with E-state index in [4.69, 9.17) is 22.2 Å². The number of methoxy groups -OCH3 is 1. The first-order chi connectivity index (χ1) is 9.69. The quantitative estimate of drug-likeness (QED) is 0.626. The van der Waals surface area contributed by atoms with E-state index in [0.29, 0.717) is 17.2 Å². The molecule has 0 aliphatic heterocycles. The van der Waals surface area contributed by atoms with Crippen molar-refractivity contribution in [1.82, 2.24) is 20.2 Å². The molecule has 0 spiro atoms. The van der Waals surface area contributed by atoms with E-state index in [2.05, 4.69) is 15.5 Å². The Hall–Kier alpha value is -1.63. The molecular weight excluding hydrogens is 278 g/mol. The molecule has 0 amide bonds. The number of halogens is 1. The van der Waals surface area contributed by atoms with Gasteiger partial charge in [0.1, 0.15) is 17.9 Å². The van der Waals surface area contributed by atoms with Crippen molar-refractivity contribution in [1.29, 1.82) is 0 Å². The molecule has 0 aliphatic carbocycles. The van der Waals surface area contributed by atoms with Gasteiger partial charge in [0, 0.05) is 23.6 Å². The summed E-state index contributed by atoms with van der Waals surface area (Å²) in [4.78, 5) is 4.26. The van der Waals surface area contributed by atoms with Gasteiger partial charge >= 0.3 is 0 Å². The highest BCUT2D eigenvalue weighted by Crippen LogP contribution is 2.29. The fourth-order valence-corrected chi connectivity index (χ4v) is 2.29. The Morgan fingerprint density at radius 3 is 2.95 bits per heavy atom. The molecule has 0 fully saturated rings.